The monoisotopic (exact) mass is 272 g/mol. The van der Waals surface area contributed by atoms with Crippen LogP contribution in [0.15, 0.2) is 5.10 Å². The van der Waals surface area contributed by atoms with Gasteiger partial charge < -0.3 is 9.47 Å². The van der Waals surface area contributed by atoms with Crippen molar-refractivity contribution in [2.75, 3.05) is 19.8 Å². The van der Waals surface area contributed by atoms with Crippen LogP contribution >= 0.6 is 0 Å². The Morgan fingerprint density at radius 2 is 1.84 bits per heavy atom. The molecule has 0 saturated carbocycles. The molecule has 9 nitrogen and oxygen atoms in total. The number of nitrogens with zero attached hydrogens (tertiary/aromatic N) is 3. The summed E-state index contributed by atoms with van der Waals surface area (Å²) in [5.74, 6) is 0. The van der Waals surface area contributed by atoms with Crippen LogP contribution in [0.4, 0.5) is 14.4 Å². The Hall–Kier alpha value is -2.32. The maximum atomic E-state index is 11.8. The van der Waals surface area contributed by atoms with Crippen molar-refractivity contribution in [3.63, 3.8) is 0 Å². The first-order valence-corrected chi connectivity index (χ1v) is 5.75. The maximum Gasteiger partial charge on any atom is 0.439 e. The molecule has 0 aromatic rings. The molecular formula is C10H16N4O5. The van der Waals surface area contributed by atoms with Crippen molar-refractivity contribution in [2.45, 2.75) is 20.8 Å². The van der Waals surface area contributed by atoms with Crippen molar-refractivity contribution in [1.29, 1.82) is 0 Å². The zero-order valence-corrected chi connectivity index (χ0v) is 11.0. The van der Waals surface area contributed by atoms with Gasteiger partial charge in [-0.1, -0.05) is 0 Å². The molecule has 0 aromatic heterocycles. The fourth-order valence-corrected chi connectivity index (χ4v) is 1.33. The van der Waals surface area contributed by atoms with Gasteiger partial charge in [0.2, 0.25) is 0 Å². The van der Waals surface area contributed by atoms with Gasteiger partial charge in [-0.3, -0.25) is 0 Å². The quantitative estimate of drug-likeness (QED) is 0.823. The van der Waals surface area contributed by atoms with Crippen molar-refractivity contribution < 1.29 is 23.9 Å². The van der Waals surface area contributed by atoms with E-state index in [0.29, 0.717) is 10.7 Å². The second kappa shape index (κ2) is 6.57. The molecule has 0 fully saturated rings. The Morgan fingerprint density at radius 3 is 2.32 bits per heavy atom. The van der Waals surface area contributed by atoms with Gasteiger partial charge in [0, 0.05) is 0 Å². The van der Waals surface area contributed by atoms with Crippen LogP contribution in [0.1, 0.15) is 20.8 Å². The first kappa shape index (κ1) is 14.7. The zero-order valence-electron chi connectivity index (χ0n) is 11.0. The fraction of sp³-hybridized carbons (Fsp3) is 0.600. The van der Waals surface area contributed by atoms with Crippen molar-refractivity contribution in [2.24, 2.45) is 5.10 Å². The average molecular weight is 272 g/mol. The van der Waals surface area contributed by atoms with Gasteiger partial charge >= 0.3 is 18.2 Å². The van der Waals surface area contributed by atoms with Crippen LogP contribution in [-0.4, -0.2) is 53.7 Å². The van der Waals surface area contributed by atoms with Crippen LogP contribution in [0, 0.1) is 0 Å². The van der Waals surface area contributed by atoms with E-state index in [4.69, 9.17) is 9.47 Å². The minimum Gasteiger partial charge on any atom is -0.448 e. The minimum absolute atomic E-state index is 0.0105. The summed E-state index contributed by atoms with van der Waals surface area (Å²) in [5.41, 5.74) is 2.70. The number of imide groups is 1. The van der Waals surface area contributed by atoms with Gasteiger partial charge in [-0.2, -0.15) is 5.10 Å². The molecule has 1 rings (SSSR count). The fourth-order valence-electron chi connectivity index (χ4n) is 1.33. The predicted octanol–water partition coefficient (Wildman–Crippen LogP) is 0.918. The average Bonchev–Trinajstić information content (AvgIpc) is 2.34. The van der Waals surface area contributed by atoms with Gasteiger partial charge in [0.15, 0.2) is 0 Å². The van der Waals surface area contributed by atoms with E-state index in [1.807, 2.05) is 0 Å². The first-order valence-electron chi connectivity index (χ1n) is 5.75. The molecule has 19 heavy (non-hydrogen) atoms. The van der Waals surface area contributed by atoms with E-state index in [0.717, 1.165) is 5.01 Å². The number of ether oxygens (including phenoxy) is 2. The molecule has 1 aliphatic heterocycles. The largest absolute Gasteiger partial charge is 0.448 e. The highest BCUT2D eigenvalue weighted by molar-refractivity contribution is 5.96. The van der Waals surface area contributed by atoms with E-state index in [1.165, 1.54) is 0 Å². The van der Waals surface area contributed by atoms with Gasteiger partial charge in [0.25, 0.3) is 0 Å². The van der Waals surface area contributed by atoms with Crippen LogP contribution in [0.2, 0.25) is 0 Å². The van der Waals surface area contributed by atoms with E-state index >= 15 is 0 Å². The van der Waals surface area contributed by atoms with Crippen molar-refractivity contribution in [3.05, 3.63) is 0 Å². The third-order valence-corrected chi connectivity index (χ3v) is 2.08. The standard InChI is InChI=1S/C10H16N4O5/c1-4-18-9(16)14(10(17)19-5-2)13-6-7(3)11-12-8(13)15/h4-6H2,1-3H3,(H,12,15). The summed E-state index contributed by atoms with van der Waals surface area (Å²) in [5, 5.41) is 5.09. The molecule has 0 bridgehead atoms. The van der Waals surface area contributed by atoms with Crippen LogP contribution in [0.3, 0.4) is 0 Å². The maximum absolute atomic E-state index is 11.8. The number of hydrazine groups is 1. The van der Waals surface area contributed by atoms with Crippen LogP contribution in [-0.2, 0) is 9.47 Å². The van der Waals surface area contributed by atoms with Gasteiger partial charge in [0.1, 0.15) is 0 Å². The molecule has 0 aliphatic carbocycles. The summed E-state index contributed by atoms with van der Waals surface area (Å²) in [4.78, 5) is 35.2. The molecule has 106 valence electrons. The van der Waals surface area contributed by atoms with Gasteiger partial charge in [-0.05, 0) is 20.8 Å². The molecule has 0 saturated heterocycles. The van der Waals surface area contributed by atoms with Crippen LogP contribution in [0.25, 0.3) is 0 Å². The Kier molecular flexibility index (Phi) is 5.10. The molecule has 0 unspecified atom stereocenters. The highest BCUT2D eigenvalue weighted by atomic mass is 16.6. The van der Waals surface area contributed by atoms with E-state index in [1.54, 1.807) is 20.8 Å². The number of nitrogens with one attached hydrogen (secondary N) is 1. The number of hydrogen-bond donors (Lipinski definition) is 1. The first-order chi connectivity index (χ1) is 9.01. The van der Waals surface area contributed by atoms with E-state index in [2.05, 4.69) is 10.5 Å². The molecule has 9 heteroatoms. The summed E-state index contributed by atoms with van der Waals surface area (Å²) in [6.07, 6.45) is -1.96. The number of hydrogen-bond acceptors (Lipinski definition) is 6. The normalized spacial score (nSPS) is 14.4. The highest BCUT2D eigenvalue weighted by Crippen LogP contribution is 2.08. The number of rotatable bonds is 3. The lowest BCUT2D eigenvalue weighted by Gasteiger charge is -2.32. The van der Waals surface area contributed by atoms with Gasteiger partial charge in [-0.25, -0.2) is 24.8 Å². The summed E-state index contributed by atoms with van der Waals surface area (Å²) in [6.45, 7) is 4.94. The number of amides is 4. The minimum atomic E-state index is -0.981. The summed E-state index contributed by atoms with van der Waals surface area (Å²) >= 11 is 0. The zero-order chi connectivity index (χ0) is 14.4. The number of urea groups is 1. The number of hydrazone groups is 1. The topological polar surface area (TPSA) is 101 Å². The molecule has 1 heterocycles. The molecule has 0 atom stereocenters. The molecular weight excluding hydrogens is 256 g/mol. The van der Waals surface area contributed by atoms with E-state index in [-0.39, 0.29) is 19.8 Å². The molecule has 0 radical (unpaired) electrons. The second-order valence-corrected chi connectivity index (χ2v) is 3.53. The van der Waals surface area contributed by atoms with Crippen molar-refractivity contribution in [3.8, 4) is 0 Å². The third-order valence-electron chi connectivity index (χ3n) is 2.08. The summed E-state index contributed by atoms with van der Waals surface area (Å²) in [7, 11) is 0. The Bertz CT molecular complexity index is 391. The molecule has 1 aliphatic rings. The third kappa shape index (κ3) is 3.57. The van der Waals surface area contributed by atoms with Crippen molar-refractivity contribution >= 4 is 23.9 Å². The smallest absolute Gasteiger partial charge is 0.439 e. The van der Waals surface area contributed by atoms with Crippen molar-refractivity contribution in [1.82, 2.24) is 15.4 Å². The number of carbonyl (C=O) groups is 3. The summed E-state index contributed by atoms with van der Waals surface area (Å²) in [6, 6.07) is -0.716. The van der Waals surface area contributed by atoms with E-state index in [9.17, 15) is 14.4 Å². The molecule has 1 N–H and O–H groups in total. The Labute approximate surface area is 110 Å². The Balaban J connectivity index is 2.95. The lowest BCUT2D eigenvalue weighted by molar-refractivity contribution is 0.00805. The lowest BCUT2D eigenvalue weighted by Crippen LogP contribution is -2.58. The SMILES string of the molecule is CCOC(=O)N(C(=O)OCC)N1CC(C)=NNC1=O. The van der Waals surface area contributed by atoms with Gasteiger partial charge in [-0.15, -0.1) is 5.01 Å². The second-order valence-electron chi connectivity index (χ2n) is 3.53. The predicted molar refractivity (Wildman–Crippen MR) is 64.2 cm³/mol. The van der Waals surface area contributed by atoms with Crippen LogP contribution in [0.5, 0.6) is 0 Å². The lowest BCUT2D eigenvalue weighted by atomic mass is 10.4. The van der Waals surface area contributed by atoms with Crippen LogP contribution < -0.4 is 5.43 Å². The van der Waals surface area contributed by atoms with E-state index < -0.39 is 18.2 Å². The highest BCUT2D eigenvalue weighted by Gasteiger charge is 2.36. The number of carbonyl (C=O) groups excluding carboxylic acids is 3. The summed E-state index contributed by atoms with van der Waals surface area (Å²) < 4.78 is 9.47. The molecule has 0 spiro atoms. The van der Waals surface area contributed by atoms with Gasteiger partial charge in [0.05, 0.1) is 25.5 Å². The molecule has 4 amide bonds. The Morgan fingerprint density at radius 1 is 1.32 bits per heavy atom. The molecule has 0 aromatic carbocycles.